The predicted octanol–water partition coefficient (Wildman–Crippen LogP) is 4.30. The molecule has 2 rings (SSSR count). The first-order valence-corrected chi connectivity index (χ1v) is 7.65. The van der Waals surface area contributed by atoms with Gasteiger partial charge in [-0.05, 0) is 55.8 Å². The van der Waals surface area contributed by atoms with Crippen LogP contribution in [0.2, 0.25) is 0 Å². The van der Waals surface area contributed by atoms with Crippen LogP contribution in [-0.2, 0) is 6.42 Å². The Morgan fingerprint density at radius 2 is 2.22 bits per heavy atom. The molecule has 1 aromatic rings. The van der Waals surface area contributed by atoms with Gasteiger partial charge in [-0.25, -0.2) is 4.39 Å². The van der Waals surface area contributed by atoms with Crippen molar-refractivity contribution in [3.05, 3.63) is 34.1 Å². The lowest BCUT2D eigenvalue weighted by Crippen LogP contribution is -2.26. The Balaban J connectivity index is 1.92. The third-order valence-corrected chi connectivity index (χ3v) is 3.99. The van der Waals surface area contributed by atoms with E-state index in [1.807, 2.05) is 12.1 Å². The van der Waals surface area contributed by atoms with Gasteiger partial charge in [0.05, 0.1) is 0 Å². The molecule has 1 aliphatic carbocycles. The maximum atomic E-state index is 13.8. The number of rotatable bonds is 7. The molecule has 1 N–H and O–H groups in total. The largest absolute Gasteiger partial charge is 0.314 e. The number of halogens is 2. The average molecular weight is 314 g/mol. The smallest absolute Gasteiger partial charge is 0.127 e. The molecule has 0 saturated heterocycles. The van der Waals surface area contributed by atoms with E-state index in [1.165, 1.54) is 12.8 Å². The summed E-state index contributed by atoms with van der Waals surface area (Å²) in [6.07, 6.45) is 5.79. The second-order valence-electron chi connectivity index (χ2n) is 5.28. The molecule has 0 bridgehead atoms. The number of benzene rings is 1. The monoisotopic (exact) mass is 313 g/mol. The van der Waals surface area contributed by atoms with Gasteiger partial charge in [-0.3, -0.25) is 0 Å². The van der Waals surface area contributed by atoms with Crippen LogP contribution in [0.3, 0.4) is 0 Å². The highest BCUT2D eigenvalue weighted by molar-refractivity contribution is 9.10. The Hall–Kier alpha value is -0.410. The average Bonchev–Trinajstić information content (AvgIpc) is 3.13. The molecule has 100 valence electrons. The Morgan fingerprint density at radius 3 is 2.83 bits per heavy atom. The van der Waals surface area contributed by atoms with E-state index in [0.29, 0.717) is 5.92 Å². The molecule has 0 amide bonds. The fraction of sp³-hybridized carbons (Fsp3) is 0.600. The topological polar surface area (TPSA) is 12.0 Å². The molecule has 3 heteroatoms. The molecule has 1 nitrogen and oxygen atoms in total. The minimum Gasteiger partial charge on any atom is -0.314 e. The molecule has 1 unspecified atom stereocenters. The SMILES string of the molecule is CCCC(CNC1CC1)Cc1ccc(Br)cc1F. The van der Waals surface area contributed by atoms with Gasteiger partial charge in [0.1, 0.15) is 5.82 Å². The summed E-state index contributed by atoms with van der Waals surface area (Å²) in [7, 11) is 0. The van der Waals surface area contributed by atoms with Crippen molar-refractivity contribution >= 4 is 15.9 Å². The quantitative estimate of drug-likeness (QED) is 0.791. The van der Waals surface area contributed by atoms with Gasteiger partial charge in [-0.2, -0.15) is 0 Å². The third-order valence-electron chi connectivity index (χ3n) is 3.49. The van der Waals surface area contributed by atoms with Crippen LogP contribution >= 0.6 is 15.9 Å². The fourth-order valence-electron chi connectivity index (χ4n) is 2.30. The zero-order chi connectivity index (χ0) is 13.0. The van der Waals surface area contributed by atoms with Crippen molar-refractivity contribution in [3.63, 3.8) is 0 Å². The molecular weight excluding hydrogens is 293 g/mol. The molecule has 18 heavy (non-hydrogen) atoms. The molecule has 1 aromatic carbocycles. The van der Waals surface area contributed by atoms with Crippen molar-refractivity contribution in [2.24, 2.45) is 5.92 Å². The minimum absolute atomic E-state index is 0.0862. The van der Waals surface area contributed by atoms with Crippen LogP contribution in [0, 0.1) is 11.7 Å². The van der Waals surface area contributed by atoms with Gasteiger partial charge in [-0.15, -0.1) is 0 Å². The Labute approximate surface area is 117 Å². The summed E-state index contributed by atoms with van der Waals surface area (Å²) < 4.78 is 14.6. The highest BCUT2D eigenvalue weighted by atomic mass is 79.9. The lowest BCUT2D eigenvalue weighted by atomic mass is 9.94. The highest BCUT2D eigenvalue weighted by Gasteiger charge is 2.22. The molecular formula is C15H21BrFN. The molecule has 0 spiro atoms. The second kappa shape index (κ2) is 6.67. The van der Waals surface area contributed by atoms with Crippen LogP contribution in [0.5, 0.6) is 0 Å². The van der Waals surface area contributed by atoms with Gasteiger partial charge in [0, 0.05) is 10.5 Å². The summed E-state index contributed by atoms with van der Waals surface area (Å²) in [5.41, 5.74) is 0.842. The van der Waals surface area contributed by atoms with E-state index in [2.05, 4.69) is 28.2 Å². The summed E-state index contributed by atoms with van der Waals surface area (Å²) in [6, 6.07) is 6.13. The van der Waals surface area contributed by atoms with E-state index >= 15 is 0 Å². The summed E-state index contributed by atoms with van der Waals surface area (Å²) in [5, 5.41) is 3.56. The molecule has 0 heterocycles. The van der Waals surface area contributed by atoms with Gasteiger partial charge >= 0.3 is 0 Å². The summed E-state index contributed by atoms with van der Waals surface area (Å²) in [4.78, 5) is 0. The molecule has 0 radical (unpaired) electrons. The summed E-state index contributed by atoms with van der Waals surface area (Å²) in [5.74, 6) is 0.461. The maximum absolute atomic E-state index is 13.8. The van der Waals surface area contributed by atoms with Gasteiger partial charge < -0.3 is 5.32 Å². The first-order valence-electron chi connectivity index (χ1n) is 6.86. The molecule has 1 atom stereocenters. The highest BCUT2D eigenvalue weighted by Crippen LogP contribution is 2.22. The van der Waals surface area contributed by atoms with Crippen molar-refractivity contribution in [2.45, 2.75) is 45.1 Å². The van der Waals surface area contributed by atoms with Gasteiger partial charge in [0.15, 0.2) is 0 Å². The minimum atomic E-state index is -0.0862. The zero-order valence-electron chi connectivity index (χ0n) is 10.9. The first-order chi connectivity index (χ1) is 8.69. The van der Waals surface area contributed by atoms with Crippen molar-refractivity contribution < 1.29 is 4.39 Å². The Kier molecular flexibility index (Phi) is 5.19. The predicted molar refractivity (Wildman–Crippen MR) is 77.2 cm³/mol. The molecule has 1 fully saturated rings. The van der Waals surface area contributed by atoms with Gasteiger partial charge in [0.25, 0.3) is 0 Å². The Bertz CT molecular complexity index is 390. The van der Waals surface area contributed by atoms with Crippen molar-refractivity contribution in [1.29, 1.82) is 0 Å². The molecule has 0 aliphatic heterocycles. The number of nitrogens with one attached hydrogen (secondary N) is 1. The van der Waals surface area contributed by atoms with Crippen LogP contribution in [0.15, 0.2) is 22.7 Å². The Morgan fingerprint density at radius 1 is 1.44 bits per heavy atom. The van der Waals surface area contributed by atoms with E-state index in [-0.39, 0.29) is 5.82 Å². The normalized spacial score (nSPS) is 16.8. The van der Waals surface area contributed by atoms with E-state index in [4.69, 9.17) is 0 Å². The van der Waals surface area contributed by atoms with E-state index < -0.39 is 0 Å². The lowest BCUT2D eigenvalue weighted by Gasteiger charge is -2.17. The van der Waals surface area contributed by atoms with Crippen molar-refractivity contribution in [3.8, 4) is 0 Å². The lowest BCUT2D eigenvalue weighted by molar-refractivity contribution is 0.430. The molecule has 0 aromatic heterocycles. The number of hydrogen-bond donors (Lipinski definition) is 1. The maximum Gasteiger partial charge on any atom is 0.127 e. The van der Waals surface area contributed by atoms with E-state index in [1.54, 1.807) is 6.07 Å². The van der Waals surface area contributed by atoms with Crippen LogP contribution in [-0.4, -0.2) is 12.6 Å². The summed E-state index contributed by atoms with van der Waals surface area (Å²) in [6.45, 7) is 3.22. The van der Waals surface area contributed by atoms with Crippen molar-refractivity contribution in [1.82, 2.24) is 5.32 Å². The number of hydrogen-bond acceptors (Lipinski definition) is 1. The van der Waals surface area contributed by atoms with Crippen LogP contribution in [0.1, 0.15) is 38.2 Å². The van der Waals surface area contributed by atoms with E-state index in [0.717, 1.165) is 41.9 Å². The summed E-state index contributed by atoms with van der Waals surface area (Å²) >= 11 is 3.30. The van der Waals surface area contributed by atoms with E-state index in [9.17, 15) is 4.39 Å². The van der Waals surface area contributed by atoms with Crippen LogP contribution in [0.25, 0.3) is 0 Å². The second-order valence-corrected chi connectivity index (χ2v) is 6.19. The van der Waals surface area contributed by atoms with Gasteiger partial charge in [0.2, 0.25) is 0 Å². The fourth-order valence-corrected chi connectivity index (χ4v) is 2.64. The molecule has 1 aliphatic rings. The van der Waals surface area contributed by atoms with Crippen LogP contribution in [0.4, 0.5) is 4.39 Å². The van der Waals surface area contributed by atoms with Crippen molar-refractivity contribution in [2.75, 3.05) is 6.54 Å². The molecule has 1 saturated carbocycles. The first kappa shape index (κ1) is 14.0. The third kappa shape index (κ3) is 4.36. The van der Waals surface area contributed by atoms with Gasteiger partial charge in [-0.1, -0.05) is 35.3 Å². The zero-order valence-corrected chi connectivity index (χ0v) is 12.5. The standard InChI is InChI=1S/C15H21BrFN/c1-2-3-11(10-18-14-6-7-14)8-12-4-5-13(16)9-15(12)17/h4-5,9,11,14,18H,2-3,6-8,10H2,1H3. The van der Waals surface area contributed by atoms with Crippen LogP contribution < -0.4 is 5.32 Å².